The average molecular weight is 228 g/mol. The Labute approximate surface area is 100 Å². The van der Waals surface area contributed by atoms with Gasteiger partial charge in [0.15, 0.2) is 0 Å². The summed E-state index contributed by atoms with van der Waals surface area (Å²) >= 11 is 0. The molecule has 0 spiro atoms. The molecule has 0 aromatic carbocycles. The van der Waals surface area contributed by atoms with Crippen LogP contribution in [0.25, 0.3) is 0 Å². The Hall–Kier alpha value is -0.120. The van der Waals surface area contributed by atoms with E-state index >= 15 is 0 Å². The molecule has 1 fully saturated rings. The second-order valence-electron chi connectivity index (χ2n) is 6.16. The highest BCUT2D eigenvalue weighted by Gasteiger charge is 2.27. The van der Waals surface area contributed by atoms with Crippen molar-refractivity contribution >= 4 is 0 Å². The maximum atomic E-state index is 5.91. The first-order chi connectivity index (χ1) is 7.44. The molecular weight excluding hydrogens is 200 g/mol. The summed E-state index contributed by atoms with van der Waals surface area (Å²) in [4.78, 5) is 2.48. The van der Waals surface area contributed by atoms with E-state index in [-0.39, 0.29) is 0 Å². The molecule has 96 valence electrons. The van der Waals surface area contributed by atoms with Gasteiger partial charge in [-0.25, -0.2) is 0 Å². The molecule has 1 rings (SSSR count). The SMILES string of the molecule is CN(C1CCOCC1)C(CN)CC(C)(C)C. The molecule has 0 saturated carbocycles. The molecule has 0 radical (unpaired) electrons. The van der Waals surface area contributed by atoms with E-state index in [2.05, 4.69) is 32.7 Å². The molecule has 1 atom stereocenters. The van der Waals surface area contributed by atoms with E-state index in [0.29, 0.717) is 17.5 Å². The highest BCUT2D eigenvalue weighted by atomic mass is 16.5. The van der Waals surface area contributed by atoms with Crippen molar-refractivity contribution in [2.45, 2.75) is 52.1 Å². The Morgan fingerprint density at radius 3 is 2.31 bits per heavy atom. The van der Waals surface area contributed by atoms with Crippen LogP contribution in [-0.2, 0) is 4.74 Å². The average Bonchev–Trinajstić information content (AvgIpc) is 2.25. The van der Waals surface area contributed by atoms with E-state index < -0.39 is 0 Å². The van der Waals surface area contributed by atoms with Gasteiger partial charge in [0.05, 0.1) is 0 Å². The van der Waals surface area contributed by atoms with Gasteiger partial charge >= 0.3 is 0 Å². The number of rotatable bonds is 4. The maximum Gasteiger partial charge on any atom is 0.0480 e. The van der Waals surface area contributed by atoms with Crippen LogP contribution in [-0.4, -0.2) is 43.8 Å². The third-order valence-corrected chi connectivity index (χ3v) is 3.46. The van der Waals surface area contributed by atoms with E-state index in [9.17, 15) is 0 Å². The van der Waals surface area contributed by atoms with Gasteiger partial charge in [0.2, 0.25) is 0 Å². The summed E-state index contributed by atoms with van der Waals surface area (Å²) in [6.07, 6.45) is 3.46. The molecule has 1 unspecified atom stereocenters. The van der Waals surface area contributed by atoms with E-state index in [0.717, 1.165) is 39.0 Å². The van der Waals surface area contributed by atoms with E-state index in [1.807, 2.05) is 0 Å². The Balaban J connectivity index is 2.50. The molecule has 0 bridgehead atoms. The molecule has 1 heterocycles. The van der Waals surface area contributed by atoms with Gasteiger partial charge in [-0.05, 0) is 31.7 Å². The first-order valence-corrected chi connectivity index (χ1v) is 6.44. The van der Waals surface area contributed by atoms with Gasteiger partial charge < -0.3 is 10.5 Å². The Morgan fingerprint density at radius 2 is 1.88 bits per heavy atom. The highest BCUT2D eigenvalue weighted by molar-refractivity contribution is 4.82. The summed E-state index contributed by atoms with van der Waals surface area (Å²) < 4.78 is 5.41. The van der Waals surface area contributed by atoms with Crippen LogP contribution < -0.4 is 5.73 Å². The first-order valence-electron chi connectivity index (χ1n) is 6.44. The summed E-state index contributed by atoms with van der Waals surface area (Å²) in [6.45, 7) is 9.42. The molecule has 2 N–H and O–H groups in total. The van der Waals surface area contributed by atoms with Crippen molar-refractivity contribution in [1.29, 1.82) is 0 Å². The molecule has 0 amide bonds. The summed E-state index contributed by atoms with van der Waals surface area (Å²) in [5.74, 6) is 0. The second-order valence-corrected chi connectivity index (χ2v) is 6.16. The molecule has 1 aliphatic heterocycles. The van der Waals surface area contributed by atoms with Crippen LogP contribution in [0.3, 0.4) is 0 Å². The van der Waals surface area contributed by atoms with Crippen LogP contribution in [0.2, 0.25) is 0 Å². The molecule has 0 aliphatic carbocycles. The number of nitrogens with two attached hydrogens (primary N) is 1. The molecule has 16 heavy (non-hydrogen) atoms. The first kappa shape index (κ1) is 13.9. The maximum absolute atomic E-state index is 5.91. The monoisotopic (exact) mass is 228 g/mol. The van der Waals surface area contributed by atoms with Crippen molar-refractivity contribution in [3.8, 4) is 0 Å². The zero-order valence-electron chi connectivity index (χ0n) is 11.3. The number of likely N-dealkylation sites (N-methyl/N-ethyl adjacent to an activating group) is 1. The fraction of sp³-hybridized carbons (Fsp3) is 1.00. The standard InChI is InChI=1S/C13H28N2O/c1-13(2,3)9-12(10-14)15(4)11-5-7-16-8-6-11/h11-12H,5-10,14H2,1-4H3. The lowest BCUT2D eigenvalue weighted by atomic mass is 9.87. The van der Waals surface area contributed by atoms with Gasteiger partial charge in [0, 0.05) is 31.8 Å². The van der Waals surface area contributed by atoms with Crippen LogP contribution in [0.15, 0.2) is 0 Å². The largest absolute Gasteiger partial charge is 0.381 e. The van der Waals surface area contributed by atoms with E-state index in [1.165, 1.54) is 0 Å². The van der Waals surface area contributed by atoms with Crippen molar-refractivity contribution in [2.24, 2.45) is 11.1 Å². The Kier molecular flexibility index (Phi) is 5.22. The van der Waals surface area contributed by atoms with Crippen molar-refractivity contribution in [3.05, 3.63) is 0 Å². The Bertz CT molecular complexity index is 195. The Morgan fingerprint density at radius 1 is 1.31 bits per heavy atom. The van der Waals surface area contributed by atoms with Gasteiger partial charge in [-0.15, -0.1) is 0 Å². The number of hydrogen-bond acceptors (Lipinski definition) is 3. The van der Waals surface area contributed by atoms with Gasteiger partial charge in [0.25, 0.3) is 0 Å². The molecule has 0 aromatic heterocycles. The summed E-state index contributed by atoms with van der Waals surface area (Å²) in [5.41, 5.74) is 6.27. The zero-order chi connectivity index (χ0) is 12.2. The zero-order valence-corrected chi connectivity index (χ0v) is 11.3. The van der Waals surface area contributed by atoms with Crippen LogP contribution >= 0.6 is 0 Å². The van der Waals surface area contributed by atoms with Crippen LogP contribution in [0.1, 0.15) is 40.0 Å². The van der Waals surface area contributed by atoms with E-state index in [4.69, 9.17) is 10.5 Å². The number of nitrogens with zero attached hydrogens (tertiary/aromatic N) is 1. The van der Waals surface area contributed by atoms with Crippen LogP contribution in [0, 0.1) is 5.41 Å². The molecule has 1 saturated heterocycles. The second kappa shape index (κ2) is 5.99. The number of ether oxygens (including phenoxy) is 1. The minimum atomic E-state index is 0.351. The summed E-state index contributed by atoms with van der Waals surface area (Å²) in [5, 5.41) is 0. The van der Waals surface area contributed by atoms with Gasteiger partial charge in [-0.3, -0.25) is 4.90 Å². The third-order valence-electron chi connectivity index (χ3n) is 3.46. The van der Waals surface area contributed by atoms with E-state index in [1.54, 1.807) is 0 Å². The highest BCUT2D eigenvalue weighted by Crippen LogP contribution is 2.25. The number of hydrogen-bond donors (Lipinski definition) is 1. The molecule has 3 nitrogen and oxygen atoms in total. The van der Waals surface area contributed by atoms with Crippen molar-refractivity contribution < 1.29 is 4.74 Å². The van der Waals surface area contributed by atoms with Crippen molar-refractivity contribution in [3.63, 3.8) is 0 Å². The van der Waals surface area contributed by atoms with Crippen molar-refractivity contribution in [1.82, 2.24) is 4.90 Å². The minimum Gasteiger partial charge on any atom is -0.381 e. The normalized spacial score (nSPS) is 21.4. The quantitative estimate of drug-likeness (QED) is 0.798. The molecule has 3 heteroatoms. The lowest BCUT2D eigenvalue weighted by Gasteiger charge is -2.39. The molecular formula is C13H28N2O. The molecule has 1 aliphatic rings. The van der Waals surface area contributed by atoms with Crippen LogP contribution in [0.5, 0.6) is 0 Å². The fourth-order valence-electron chi connectivity index (χ4n) is 2.49. The lowest BCUT2D eigenvalue weighted by Crippen LogP contribution is -2.47. The lowest BCUT2D eigenvalue weighted by molar-refractivity contribution is 0.0230. The van der Waals surface area contributed by atoms with Crippen LogP contribution in [0.4, 0.5) is 0 Å². The third kappa shape index (κ3) is 4.40. The predicted octanol–water partition coefficient (Wildman–Crippen LogP) is 1.86. The van der Waals surface area contributed by atoms with Gasteiger partial charge in [0.1, 0.15) is 0 Å². The summed E-state index contributed by atoms with van der Waals surface area (Å²) in [7, 11) is 2.22. The van der Waals surface area contributed by atoms with Gasteiger partial charge in [-0.1, -0.05) is 20.8 Å². The predicted molar refractivity (Wildman–Crippen MR) is 68.5 cm³/mol. The minimum absolute atomic E-state index is 0.351. The smallest absolute Gasteiger partial charge is 0.0480 e. The van der Waals surface area contributed by atoms with Gasteiger partial charge in [-0.2, -0.15) is 0 Å². The van der Waals surface area contributed by atoms with Crippen molar-refractivity contribution in [2.75, 3.05) is 26.8 Å². The molecule has 0 aromatic rings. The topological polar surface area (TPSA) is 38.5 Å². The fourth-order valence-corrected chi connectivity index (χ4v) is 2.49. The summed E-state index contributed by atoms with van der Waals surface area (Å²) in [6, 6.07) is 1.16.